The van der Waals surface area contributed by atoms with Crippen LogP contribution in [0.4, 0.5) is 11.5 Å². The van der Waals surface area contributed by atoms with Crippen molar-refractivity contribution in [3.63, 3.8) is 0 Å². The lowest BCUT2D eigenvalue weighted by atomic mass is 10.1. The molecule has 9 heteroatoms. The minimum absolute atomic E-state index is 0.257. The van der Waals surface area contributed by atoms with Gasteiger partial charge in [-0.15, -0.1) is 0 Å². The highest BCUT2D eigenvalue weighted by Gasteiger charge is 2.17. The van der Waals surface area contributed by atoms with E-state index in [4.69, 9.17) is 5.73 Å². The summed E-state index contributed by atoms with van der Waals surface area (Å²) in [5.41, 5.74) is 9.69. The Morgan fingerprint density at radius 1 is 0.972 bits per heavy atom. The van der Waals surface area contributed by atoms with E-state index in [0.29, 0.717) is 34.1 Å². The Morgan fingerprint density at radius 3 is 2.47 bits per heavy atom. The fourth-order valence-corrected chi connectivity index (χ4v) is 5.04. The van der Waals surface area contributed by atoms with Crippen LogP contribution in [0.5, 0.6) is 0 Å². The molecule has 0 saturated heterocycles. The lowest BCUT2D eigenvalue weighted by molar-refractivity contribution is 0.101. The number of fused-ring (bicyclic) bond motifs is 1. The second-order valence-electron chi connectivity index (χ2n) is 8.48. The maximum atomic E-state index is 13.2. The molecular formula is C27H23N5O3S. The molecule has 0 spiro atoms. The van der Waals surface area contributed by atoms with Crippen LogP contribution in [0.2, 0.25) is 0 Å². The fourth-order valence-electron chi connectivity index (χ4n) is 4.13. The summed E-state index contributed by atoms with van der Waals surface area (Å²) in [4.78, 5) is 17.6. The summed E-state index contributed by atoms with van der Waals surface area (Å²) in [6.45, 7) is 1.82. The van der Waals surface area contributed by atoms with Crippen LogP contribution in [0.15, 0.2) is 90.0 Å². The molecule has 0 saturated carbocycles. The average Bonchev–Trinajstić information content (AvgIpc) is 3.26. The summed E-state index contributed by atoms with van der Waals surface area (Å²) >= 11 is 0. The minimum atomic E-state index is -3.38. The Labute approximate surface area is 208 Å². The molecule has 5 rings (SSSR count). The Hall–Kier alpha value is -4.50. The zero-order chi connectivity index (χ0) is 25.4. The number of pyridine rings is 1. The number of rotatable bonds is 5. The van der Waals surface area contributed by atoms with E-state index in [-0.39, 0.29) is 10.8 Å². The van der Waals surface area contributed by atoms with Crippen LogP contribution in [0.25, 0.3) is 27.6 Å². The van der Waals surface area contributed by atoms with Crippen LogP contribution in [0, 0.1) is 6.92 Å². The van der Waals surface area contributed by atoms with Gasteiger partial charge >= 0.3 is 0 Å². The van der Waals surface area contributed by atoms with Crippen LogP contribution < -0.4 is 11.1 Å². The third kappa shape index (κ3) is 4.44. The van der Waals surface area contributed by atoms with Gasteiger partial charge in [0.1, 0.15) is 11.5 Å². The van der Waals surface area contributed by atoms with Crippen LogP contribution in [-0.2, 0) is 9.84 Å². The normalized spacial score (nSPS) is 11.5. The molecule has 0 fully saturated rings. The van der Waals surface area contributed by atoms with Gasteiger partial charge in [0.2, 0.25) is 0 Å². The third-order valence-corrected chi connectivity index (χ3v) is 6.98. The van der Waals surface area contributed by atoms with Crippen molar-refractivity contribution in [3.05, 3.63) is 96.4 Å². The molecular weight excluding hydrogens is 474 g/mol. The van der Waals surface area contributed by atoms with Gasteiger partial charge in [0.25, 0.3) is 5.91 Å². The number of aromatic nitrogens is 3. The largest absolute Gasteiger partial charge is 0.383 e. The molecule has 3 N–H and O–H groups in total. The SMILES string of the molecule is Cc1cc(C(=O)Nc2ccc(-c3ccccc3S(C)(=O)=O)cc2)n(-c2ccc3ccnc(N)c3c2)n1. The quantitative estimate of drug-likeness (QED) is 0.365. The van der Waals surface area contributed by atoms with Crippen molar-refractivity contribution in [1.82, 2.24) is 14.8 Å². The number of anilines is 2. The van der Waals surface area contributed by atoms with E-state index in [1.807, 2.05) is 31.2 Å². The molecule has 1 amide bonds. The van der Waals surface area contributed by atoms with Crippen molar-refractivity contribution in [1.29, 1.82) is 0 Å². The lowest BCUT2D eigenvalue weighted by Crippen LogP contribution is -2.17. The van der Waals surface area contributed by atoms with E-state index in [9.17, 15) is 13.2 Å². The highest BCUT2D eigenvalue weighted by atomic mass is 32.2. The van der Waals surface area contributed by atoms with Crippen molar-refractivity contribution in [3.8, 4) is 16.8 Å². The van der Waals surface area contributed by atoms with Gasteiger partial charge in [-0.1, -0.05) is 36.4 Å². The first-order valence-corrected chi connectivity index (χ1v) is 13.0. The Bertz CT molecular complexity index is 1720. The minimum Gasteiger partial charge on any atom is -0.383 e. The van der Waals surface area contributed by atoms with Crippen molar-refractivity contribution >= 4 is 38.0 Å². The number of nitrogens with one attached hydrogen (secondary N) is 1. The number of nitrogens with zero attached hydrogens (tertiary/aromatic N) is 3. The molecule has 0 aliphatic carbocycles. The average molecular weight is 498 g/mol. The molecule has 2 aromatic heterocycles. The zero-order valence-corrected chi connectivity index (χ0v) is 20.5. The smallest absolute Gasteiger partial charge is 0.274 e. The van der Waals surface area contributed by atoms with Gasteiger partial charge in [-0.3, -0.25) is 4.79 Å². The topological polar surface area (TPSA) is 120 Å². The number of hydrogen-bond donors (Lipinski definition) is 2. The third-order valence-electron chi connectivity index (χ3n) is 5.83. The maximum absolute atomic E-state index is 13.2. The van der Waals surface area contributed by atoms with Crippen LogP contribution >= 0.6 is 0 Å². The number of hydrogen-bond acceptors (Lipinski definition) is 6. The summed E-state index contributed by atoms with van der Waals surface area (Å²) in [7, 11) is -3.38. The lowest BCUT2D eigenvalue weighted by Gasteiger charge is -2.11. The number of sulfone groups is 1. The number of amides is 1. The molecule has 180 valence electrons. The number of aryl methyl sites for hydroxylation is 1. The second-order valence-corrected chi connectivity index (χ2v) is 10.5. The van der Waals surface area contributed by atoms with Crippen LogP contribution in [0.3, 0.4) is 0 Å². The molecule has 0 bridgehead atoms. The van der Waals surface area contributed by atoms with Gasteiger partial charge in [0.15, 0.2) is 9.84 Å². The molecule has 0 atom stereocenters. The second kappa shape index (κ2) is 8.94. The van der Waals surface area contributed by atoms with Gasteiger partial charge in [0, 0.05) is 29.1 Å². The molecule has 0 aliphatic heterocycles. The van der Waals surface area contributed by atoms with Crippen molar-refractivity contribution in [2.45, 2.75) is 11.8 Å². The maximum Gasteiger partial charge on any atom is 0.274 e. The first kappa shape index (κ1) is 23.3. The van der Waals surface area contributed by atoms with Gasteiger partial charge in [-0.05, 0) is 60.3 Å². The number of carbonyl (C=O) groups is 1. The van der Waals surface area contributed by atoms with E-state index >= 15 is 0 Å². The Kier molecular flexibility index (Phi) is 5.77. The van der Waals surface area contributed by atoms with Crippen molar-refractivity contribution in [2.75, 3.05) is 17.3 Å². The van der Waals surface area contributed by atoms with E-state index in [1.165, 1.54) is 6.26 Å². The number of nitrogen functional groups attached to an aromatic ring is 1. The summed E-state index contributed by atoms with van der Waals surface area (Å²) in [6, 6.07) is 23.1. The highest BCUT2D eigenvalue weighted by molar-refractivity contribution is 7.90. The van der Waals surface area contributed by atoms with E-state index in [1.54, 1.807) is 65.5 Å². The first-order valence-electron chi connectivity index (χ1n) is 11.1. The Balaban J connectivity index is 1.44. The van der Waals surface area contributed by atoms with Crippen LogP contribution in [0.1, 0.15) is 16.2 Å². The number of nitrogens with two attached hydrogens (primary N) is 1. The summed E-state index contributed by atoms with van der Waals surface area (Å²) < 4.78 is 25.9. The first-order chi connectivity index (χ1) is 17.2. The molecule has 2 heterocycles. The molecule has 0 unspecified atom stereocenters. The molecule has 36 heavy (non-hydrogen) atoms. The van der Waals surface area contributed by atoms with Gasteiger partial charge in [-0.25, -0.2) is 18.1 Å². The van der Waals surface area contributed by atoms with Gasteiger partial charge < -0.3 is 11.1 Å². The van der Waals surface area contributed by atoms with Crippen LogP contribution in [-0.4, -0.2) is 35.3 Å². The zero-order valence-electron chi connectivity index (χ0n) is 19.6. The molecule has 0 aliphatic rings. The fraction of sp³-hybridized carbons (Fsp3) is 0.0741. The highest BCUT2D eigenvalue weighted by Crippen LogP contribution is 2.29. The number of benzene rings is 3. The molecule has 0 radical (unpaired) electrons. The summed E-state index contributed by atoms with van der Waals surface area (Å²) in [5.74, 6) is 0.0703. The number of carbonyl (C=O) groups excluding carboxylic acids is 1. The predicted octanol–water partition coefficient (Wildman–Crippen LogP) is 4.63. The Morgan fingerprint density at radius 2 is 1.72 bits per heavy atom. The van der Waals surface area contributed by atoms with Crippen molar-refractivity contribution in [2.24, 2.45) is 0 Å². The summed E-state index contributed by atoms with van der Waals surface area (Å²) in [6.07, 6.45) is 2.84. The van der Waals surface area contributed by atoms with E-state index < -0.39 is 9.84 Å². The van der Waals surface area contributed by atoms with E-state index in [0.717, 1.165) is 16.3 Å². The molecule has 5 aromatic rings. The van der Waals surface area contributed by atoms with E-state index in [2.05, 4.69) is 15.4 Å². The molecule has 8 nitrogen and oxygen atoms in total. The van der Waals surface area contributed by atoms with Gasteiger partial charge in [0.05, 0.1) is 16.3 Å². The van der Waals surface area contributed by atoms with Gasteiger partial charge in [-0.2, -0.15) is 5.10 Å². The monoisotopic (exact) mass is 497 g/mol. The van der Waals surface area contributed by atoms with Crippen molar-refractivity contribution < 1.29 is 13.2 Å². The standard InChI is InChI=1S/C27H23N5O3S/c1-17-15-24(32(31-17)21-12-9-19-13-14-29-26(28)23(19)16-21)27(33)30-20-10-7-18(8-11-20)22-5-3-4-6-25(22)36(2,34)35/h3-16H,1-2H3,(H2,28,29)(H,30,33). The summed E-state index contributed by atoms with van der Waals surface area (Å²) in [5, 5.41) is 9.12. The molecule has 3 aromatic carbocycles. The predicted molar refractivity (Wildman–Crippen MR) is 141 cm³/mol.